The van der Waals surface area contributed by atoms with Gasteiger partial charge in [0, 0.05) is 16.7 Å². The summed E-state index contributed by atoms with van der Waals surface area (Å²) in [7, 11) is 0. The van der Waals surface area contributed by atoms with Crippen LogP contribution in [0, 0.1) is 0 Å². The van der Waals surface area contributed by atoms with E-state index < -0.39 is 0 Å². The van der Waals surface area contributed by atoms with Gasteiger partial charge >= 0.3 is 0 Å². The highest BCUT2D eigenvalue weighted by Crippen LogP contribution is 2.52. The number of hydrogen-bond acceptors (Lipinski definition) is 3. The van der Waals surface area contributed by atoms with Gasteiger partial charge in [0.15, 0.2) is 17.5 Å². The van der Waals surface area contributed by atoms with Crippen LogP contribution in [0.2, 0.25) is 0 Å². The molecule has 0 radical (unpaired) electrons. The third kappa shape index (κ3) is 4.33. The summed E-state index contributed by atoms with van der Waals surface area (Å²) in [5, 5.41) is 2.62. The molecule has 0 aliphatic heterocycles. The Balaban J connectivity index is 1.15. The minimum Gasteiger partial charge on any atom is -0.208 e. The predicted octanol–water partition coefficient (Wildman–Crippen LogP) is 11.0. The second-order valence-electron chi connectivity index (χ2n) is 11.6. The minimum absolute atomic E-state index is 0.656. The van der Waals surface area contributed by atoms with Crippen LogP contribution >= 0.6 is 0 Å². The summed E-state index contributed by atoms with van der Waals surface area (Å²) in [5.41, 5.74) is 12.9. The Hall–Kier alpha value is -6.19. The van der Waals surface area contributed by atoms with E-state index in [0.29, 0.717) is 17.5 Å². The van der Waals surface area contributed by atoms with Gasteiger partial charge < -0.3 is 0 Å². The lowest BCUT2D eigenvalue weighted by Crippen LogP contribution is -2.00. The smallest absolute Gasteiger partial charge is 0.164 e. The Labute approximate surface area is 267 Å². The highest BCUT2D eigenvalue weighted by Gasteiger charge is 2.25. The maximum absolute atomic E-state index is 4.92. The molecule has 46 heavy (non-hydrogen) atoms. The quantitative estimate of drug-likeness (QED) is 0.202. The van der Waals surface area contributed by atoms with E-state index in [1.807, 2.05) is 60.7 Å². The van der Waals surface area contributed by atoms with E-state index in [9.17, 15) is 0 Å². The molecule has 0 saturated carbocycles. The van der Waals surface area contributed by atoms with Gasteiger partial charge in [-0.25, -0.2) is 15.0 Å². The van der Waals surface area contributed by atoms with Gasteiger partial charge in [0.2, 0.25) is 0 Å². The van der Waals surface area contributed by atoms with Gasteiger partial charge in [0.05, 0.1) is 0 Å². The molecular formula is C43H27N3. The van der Waals surface area contributed by atoms with Crippen LogP contribution in [0.15, 0.2) is 164 Å². The van der Waals surface area contributed by atoms with Crippen molar-refractivity contribution >= 4 is 10.8 Å². The van der Waals surface area contributed by atoms with Crippen molar-refractivity contribution in [3.8, 4) is 78.7 Å². The highest BCUT2D eigenvalue weighted by atomic mass is 15.0. The summed E-state index contributed by atoms with van der Waals surface area (Å²) >= 11 is 0. The standard InChI is InChI=1S/C43H27N3/c1-4-12-28(13-5-1)33-26-27-38-39-34(18-10-20-36(39)37-21-11-19-35(33)40(37)38)29-22-24-32(25-23-29)43-45-41(30-14-6-2-7-15-30)44-42(46-43)31-16-8-3-9-17-31/h1-27H. The third-order valence-corrected chi connectivity index (χ3v) is 8.90. The van der Waals surface area contributed by atoms with Crippen LogP contribution in [-0.4, -0.2) is 15.0 Å². The molecule has 9 rings (SSSR count). The van der Waals surface area contributed by atoms with Crippen molar-refractivity contribution in [3.05, 3.63) is 164 Å². The van der Waals surface area contributed by atoms with Crippen LogP contribution in [0.4, 0.5) is 0 Å². The zero-order valence-electron chi connectivity index (χ0n) is 24.9. The molecule has 1 aliphatic carbocycles. The first-order chi connectivity index (χ1) is 22.8. The van der Waals surface area contributed by atoms with E-state index >= 15 is 0 Å². The summed E-state index contributed by atoms with van der Waals surface area (Å²) in [6.45, 7) is 0. The van der Waals surface area contributed by atoms with Crippen LogP contribution in [-0.2, 0) is 0 Å². The lowest BCUT2D eigenvalue weighted by Gasteiger charge is -2.12. The van der Waals surface area contributed by atoms with Crippen molar-refractivity contribution in [3.63, 3.8) is 0 Å². The molecule has 0 atom stereocenters. The zero-order valence-corrected chi connectivity index (χ0v) is 24.9. The van der Waals surface area contributed by atoms with Gasteiger partial charge in [-0.2, -0.15) is 0 Å². The first-order valence-corrected chi connectivity index (χ1v) is 15.5. The molecule has 0 fully saturated rings. The second-order valence-corrected chi connectivity index (χ2v) is 11.6. The number of nitrogens with zero attached hydrogens (tertiary/aromatic N) is 3. The number of benzene rings is 7. The van der Waals surface area contributed by atoms with Crippen LogP contribution < -0.4 is 0 Å². The fourth-order valence-electron chi connectivity index (χ4n) is 6.75. The molecule has 1 aliphatic rings. The number of fused-ring (bicyclic) bond motifs is 3. The van der Waals surface area contributed by atoms with Crippen molar-refractivity contribution in [1.29, 1.82) is 0 Å². The van der Waals surface area contributed by atoms with E-state index in [1.165, 1.54) is 49.7 Å². The first kappa shape index (κ1) is 26.2. The van der Waals surface area contributed by atoms with Gasteiger partial charge in [-0.3, -0.25) is 0 Å². The number of aromatic nitrogens is 3. The average molecular weight is 586 g/mol. The molecule has 214 valence electrons. The zero-order chi connectivity index (χ0) is 30.5. The molecule has 0 unspecified atom stereocenters. The van der Waals surface area contributed by atoms with Gasteiger partial charge in [0.25, 0.3) is 0 Å². The molecule has 0 amide bonds. The summed E-state index contributed by atoms with van der Waals surface area (Å²) in [4.78, 5) is 14.7. The third-order valence-electron chi connectivity index (χ3n) is 8.90. The van der Waals surface area contributed by atoms with Crippen LogP contribution in [0.1, 0.15) is 0 Å². The summed E-state index contributed by atoms with van der Waals surface area (Å²) in [5.74, 6) is 1.98. The molecule has 8 aromatic rings. The normalized spacial score (nSPS) is 11.5. The molecule has 0 saturated heterocycles. The molecule has 3 nitrogen and oxygen atoms in total. The summed E-state index contributed by atoms with van der Waals surface area (Å²) in [6, 6.07) is 57.5. The van der Waals surface area contributed by atoms with Crippen molar-refractivity contribution in [2.75, 3.05) is 0 Å². The van der Waals surface area contributed by atoms with Gasteiger partial charge in [-0.15, -0.1) is 0 Å². The average Bonchev–Trinajstić information content (AvgIpc) is 3.48. The predicted molar refractivity (Wildman–Crippen MR) is 189 cm³/mol. The lowest BCUT2D eigenvalue weighted by atomic mass is 9.91. The van der Waals surface area contributed by atoms with Crippen LogP contribution in [0.25, 0.3) is 89.4 Å². The molecule has 7 aromatic carbocycles. The molecule has 1 heterocycles. The van der Waals surface area contributed by atoms with Gasteiger partial charge in [-0.05, 0) is 55.3 Å². The molecular weight excluding hydrogens is 558 g/mol. The SMILES string of the molecule is c1ccc(-c2nc(-c3ccccc3)nc(-c3ccc(-c4cccc5c4-c4ccc(-c6ccccc6)c6cccc-5c46)cc3)n2)cc1. The van der Waals surface area contributed by atoms with E-state index in [1.54, 1.807) is 0 Å². The fourth-order valence-corrected chi connectivity index (χ4v) is 6.75. The van der Waals surface area contributed by atoms with E-state index in [4.69, 9.17) is 15.0 Å². The fraction of sp³-hybridized carbons (Fsp3) is 0. The lowest BCUT2D eigenvalue weighted by molar-refractivity contribution is 1.07. The largest absolute Gasteiger partial charge is 0.208 e. The Morgan fingerprint density at radius 1 is 0.261 bits per heavy atom. The van der Waals surface area contributed by atoms with E-state index in [-0.39, 0.29) is 0 Å². The van der Waals surface area contributed by atoms with Crippen LogP contribution in [0.5, 0.6) is 0 Å². The number of rotatable bonds is 5. The van der Waals surface area contributed by atoms with E-state index in [2.05, 4.69) is 103 Å². The summed E-state index contributed by atoms with van der Waals surface area (Å²) in [6.07, 6.45) is 0. The molecule has 0 N–H and O–H groups in total. The highest BCUT2D eigenvalue weighted by molar-refractivity contribution is 6.20. The monoisotopic (exact) mass is 585 g/mol. The van der Waals surface area contributed by atoms with Crippen LogP contribution in [0.3, 0.4) is 0 Å². The Kier molecular flexibility index (Phi) is 6.14. The van der Waals surface area contributed by atoms with Crippen molar-refractivity contribution in [2.45, 2.75) is 0 Å². The Morgan fingerprint density at radius 3 is 1.30 bits per heavy atom. The topological polar surface area (TPSA) is 38.7 Å². The Bertz CT molecular complexity index is 2320. The number of hydrogen-bond donors (Lipinski definition) is 0. The maximum atomic E-state index is 4.92. The molecule has 0 spiro atoms. The van der Waals surface area contributed by atoms with Crippen molar-refractivity contribution < 1.29 is 0 Å². The Morgan fingerprint density at radius 2 is 0.696 bits per heavy atom. The van der Waals surface area contributed by atoms with Gasteiger partial charge in [0.1, 0.15) is 0 Å². The molecule has 0 bridgehead atoms. The maximum Gasteiger partial charge on any atom is 0.164 e. The van der Waals surface area contributed by atoms with Gasteiger partial charge in [-0.1, -0.05) is 164 Å². The minimum atomic E-state index is 0.656. The van der Waals surface area contributed by atoms with E-state index in [0.717, 1.165) is 22.3 Å². The van der Waals surface area contributed by atoms with Crippen molar-refractivity contribution in [1.82, 2.24) is 15.0 Å². The molecule has 1 aromatic heterocycles. The van der Waals surface area contributed by atoms with Crippen molar-refractivity contribution in [2.24, 2.45) is 0 Å². The second kappa shape index (κ2) is 10.8. The molecule has 3 heteroatoms. The summed E-state index contributed by atoms with van der Waals surface area (Å²) < 4.78 is 0. The first-order valence-electron chi connectivity index (χ1n) is 15.5.